The number of fused-ring (bicyclic) bond motifs is 1. The zero-order valence-electron chi connectivity index (χ0n) is 17.4. The number of carbonyl (C=O) groups excluding carboxylic acids is 2. The van der Waals surface area contributed by atoms with Crippen LogP contribution in [-0.4, -0.2) is 24.1 Å². The highest BCUT2D eigenvalue weighted by atomic mass is 16.5. The molecule has 0 spiro atoms. The minimum Gasteiger partial charge on any atom is -0.427 e. The van der Waals surface area contributed by atoms with Crippen molar-refractivity contribution in [2.75, 3.05) is 6.54 Å². The third-order valence-corrected chi connectivity index (χ3v) is 7.21. The average molecular weight is 407 g/mol. The Labute approximate surface area is 177 Å². The first-order valence-electron chi connectivity index (χ1n) is 11.3. The van der Waals surface area contributed by atoms with Crippen LogP contribution in [0.5, 0.6) is 5.75 Å². The lowest BCUT2D eigenvalue weighted by Gasteiger charge is -2.56. The fourth-order valence-electron chi connectivity index (χ4n) is 6.40. The first-order valence-corrected chi connectivity index (χ1v) is 11.3. The van der Waals surface area contributed by atoms with Gasteiger partial charge in [0.15, 0.2) is 0 Å². The molecule has 2 amide bonds. The summed E-state index contributed by atoms with van der Waals surface area (Å²) in [6.07, 6.45) is 8.37. The van der Waals surface area contributed by atoms with E-state index in [0.29, 0.717) is 18.7 Å². The van der Waals surface area contributed by atoms with Crippen molar-refractivity contribution < 1.29 is 14.3 Å². The van der Waals surface area contributed by atoms with E-state index in [2.05, 4.69) is 10.6 Å². The molecule has 0 heterocycles. The van der Waals surface area contributed by atoms with Gasteiger partial charge in [-0.1, -0.05) is 30.3 Å². The van der Waals surface area contributed by atoms with E-state index in [1.54, 1.807) is 0 Å². The van der Waals surface area contributed by atoms with Crippen molar-refractivity contribution in [3.8, 4) is 5.75 Å². The van der Waals surface area contributed by atoms with Crippen LogP contribution in [0.3, 0.4) is 0 Å². The molecule has 4 aliphatic rings. The smallest absolute Gasteiger partial charge is 0.315 e. The summed E-state index contributed by atoms with van der Waals surface area (Å²) in [6.45, 7) is 0.477. The zero-order chi connectivity index (χ0) is 20.6. The minimum absolute atomic E-state index is 0.0217. The van der Waals surface area contributed by atoms with Crippen LogP contribution in [0.25, 0.3) is 10.8 Å². The molecule has 5 nitrogen and oxygen atoms in total. The number of benzene rings is 2. The Kier molecular flexibility index (Phi) is 5.13. The second-order valence-electron chi connectivity index (χ2n) is 9.67. The van der Waals surface area contributed by atoms with Gasteiger partial charge < -0.3 is 15.4 Å². The quantitative estimate of drug-likeness (QED) is 0.412. The van der Waals surface area contributed by atoms with Crippen molar-refractivity contribution in [2.24, 2.45) is 17.8 Å². The maximum Gasteiger partial charge on any atom is 0.315 e. The summed E-state index contributed by atoms with van der Waals surface area (Å²) in [7, 11) is 0. The maximum absolute atomic E-state index is 12.4. The molecule has 4 saturated carbocycles. The first-order chi connectivity index (χ1) is 14.6. The lowest BCUT2D eigenvalue weighted by atomic mass is 9.53. The predicted octanol–water partition coefficient (Wildman–Crippen LogP) is 4.79. The Morgan fingerprint density at radius 1 is 0.933 bits per heavy atom. The van der Waals surface area contributed by atoms with Gasteiger partial charge in [0.1, 0.15) is 5.75 Å². The number of esters is 1. The molecule has 0 unspecified atom stereocenters. The molecule has 0 aliphatic heterocycles. The van der Waals surface area contributed by atoms with Gasteiger partial charge >= 0.3 is 12.0 Å². The number of carbonyl (C=O) groups is 2. The highest BCUT2D eigenvalue weighted by molar-refractivity contribution is 5.84. The Morgan fingerprint density at radius 3 is 2.30 bits per heavy atom. The summed E-state index contributed by atoms with van der Waals surface area (Å²) < 4.78 is 5.45. The molecule has 5 heteroatoms. The molecule has 4 fully saturated rings. The van der Waals surface area contributed by atoms with Crippen LogP contribution in [0.15, 0.2) is 42.5 Å². The van der Waals surface area contributed by atoms with Crippen LogP contribution in [0.2, 0.25) is 0 Å². The van der Waals surface area contributed by atoms with Crippen molar-refractivity contribution in [1.82, 2.24) is 10.6 Å². The fraction of sp³-hybridized carbons (Fsp3) is 0.520. The van der Waals surface area contributed by atoms with Gasteiger partial charge in [0, 0.05) is 18.5 Å². The molecular formula is C25H30N2O3. The van der Waals surface area contributed by atoms with E-state index in [-0.39, 0.29) is 24.0 Å². The van der Waals surface area contributed by atoms with Gasteiger partial charge in [-0.25, -0.2) is 4.79 Å². The van der Waals surface area contributed by atoms with Crippen molar-refractivity contribution in [3.05, 3.63) is 42.5 Å². The van der Waals surface area contributed by atoms with Crippen molar-refractivity contribution in [3.63, 3.8) is 0 Å². The van der Waals surface area contributed by atoms with E-state index < -0.39 is 0 Å². The summed E-state index contributed by atoms with van der Waals surface area (Å²) in [5.41, 5.74) is 0.0217. The van der Waals surface area contributed by atoms with Crippen LogP contribution in [0.1, 0.15) is 51.4 Å². The summed E-state index contributed by atoms with van der Waals surface area (Å²) in [6, 6.07) is 13.5. The van der Waals surface area contributed by atoms with Gasteiger partial charge in [0.25, 0.3) is 0 Å². The fourth-order valence-corrected chi connectivity index (χ4v) is 6.40. The molecule has 4 bridgehead atoms. The van der Waals surface area contributed by atoms with Gasteiger partial charge in [-0.05, 0) is 85.6 Å². The predicted molar refractivity (Wildman–Crippen MR) is 116 cm³/mol. The van der Waals surface area contributed by atoms with E-state index in [9.17, 15) is 9.59 Å². The molecule has 2 aromatic rings. The van der Waals surface area contributed by atoms with E-state index in [4.69, 9.17) is 4.74 Å². The van der Waals surface area contributed by atoms with Crippen molar-refractivity contribution in [1.29, 1.82) is 0 Å². The van der Waals surface area contributed by atoms with E-state index in [1.165, 1.54) is 19.3 Å². The van der Waals surface area contributed by atoms with Crippen molar-refractivity contribution >= 4 is 22.8 Å². The van der Waals surface area contributed by atoms with Gasteiger partial charge in [-0.3, -0.25) is 4.79 Å². The summed E-state index contributed by atoms with van der Waals surface area (Å²) in [5, 5.41) is 8.41. The topological polar surface area (TPSA) is 67.4 Å². The monoisotopic (exact) mass is 406 g/mol. The Bertz CT molecular complexity index is 919. The molecule has 0 atom stereocenters. The molecule has 158 valence electrons. The third kappa shape index (κ3) is 4.16. The van der Waals surface area contributed by atoms with Crippen LogP contribution in [0, 0.1) is 17.8 Å². The normalized spacial score (nSPS) is 29.0. The molecule has 4 aliphatic carbocycles. The minimum atomic E-state index is -0.270. The van der Waals surface area contributed by atoms with Crippen LogP contribution >= 0.6 is 0 Å². The number of amides is 2. The molecular weight excluding hydrogens is 376 g/mol. The maximum atomic E-state index is 12.4. The average Bonchev–Trinajstić information content (AvgIpc) is 2.70. The number of hydrogen-bond acceptors (Lipinski definition) is 3. The van der Waals surface area contributed by atoms with Gasteiger partial charge in [-0.2, -0.15) is 0 Å². The van der Waals surface area contributed by atoms with E-state index in [0.717, 1.165) is 47.8 Å². The van der Waals surface area contributed by atoms with Gasteiger partial charge in [-0.15, -0.1) is 0 Å². The lowest BCUT2D eigenvalue weighted by Crippen LogP contribution is -2.61. The number of rotatable bonds is 6. The number of nitrogens with one attached hydrogen (secondary N) is 2. The van der Waals surface area contributed by atoms with Gasteiger partial charge in [0.05, 0.1) is 0 Å². The summed E-state index contributed by atoms with van der Waals surface area (Å²) >= 11 is 0. The summed E-state index contributed by atoms with van der Waals surface area (Å²) in [5.74, 6) is 2.71. The highest BCUT2D eigenvalue weighted by Gasteiger charge is 2.51. The Morgan fingerprint density at radius 2 is 1.60 bits per heavy atom. The van der Waals surface area contributed by atoms with Crippen LogP contribution in [-0.2, 0) is 4.79 Å². The van der Waals surface area contributed by atoms with Crippen LogP contribution < -0.4 is 15.4 Å². The molecule has 0 saturated heterocycles. The largest absolute Gasteiger partial charge is 0.427 e. The van der Waals surface area contributed by atoms with Crippen molar-refractivity contribution in [2.45, 2.75) is 56.9 Å². The molecule has 30 heavy (non-hydrogen) atoms. The zero-order valence-corrected chi connectivity index (χ0v) is 17.4. The second-order valence-corrected chi connectivity index (χ2v) is 9.67. The van der Waals surface area contributed by atoms with E-state index >= 15 is 0 Å². The Hall–Kier alpha value is -2.56. The SMILES string of the molecule is O=C(NCCCC(=O)Oc1ccc2ccccc2c1)NC12CC3CC(CC(C3)C1)C2. The number of hydrogen-bond donors (Lipinski definition) is 2. The second kappa shape index (κ2) is 7.93. The number of urea groups is 1. The van der Waals surface area contributed by atoms with E-state index in [1.807, 2.05) is 42.5 Å². The number of ether oxygens (including phenoxy) is 1. The summed E-state index contributed by atoms with van der Waals surface area (Å²) in [4.78, 5) is 24.6. The lowest BCUT2D eigenvalue weighted by molar-refractivity contribution is -0.134. The standard InChI is InChI=1S/C25H30N2O3/c28-23(30-22-8-7-20-4-1-2-5-21(20)13-22)6-3-9-26-24(29)27-25-14-17-10-18(15-25)12-19(11-17)16-25/h1-2,4-5,7-8,13,17-19H,3,6,9-12,14-16H2,(H2,26,27,29). The molecule has 0 radical (unpaired) electrons. The highest BCUT2D eigenvalue weighted by Crippen LogP contribution is 2.55. The third-order valence-electron chi connectivity index (χ3n) is 7.21. The Balaban J connectivity index is 1.05. The molecule has 2 aromatic carbocycles. The van der Waals surface area contributed by atoms with Crippen LogP contribution in [0.4, 0.5) is 4.79 Å². The first kappa shape index (κ1) is 19.4. The molecule has 6 rings (SSSR count). The molecule has 2 N–H and O–H groups in total. The molecule has 0 aromatic heterocycles. The van der Waals surface area contributed by atoms with Gasteiger partial charge in [0.2, 0.25) is 0 Å².